The van der Waals surface area contributed by atoms with E-state index in [1.165, 1.54) is 4.90 Å². The molecule has 4 rings (SSSR count). The Morgan fingerprint density at radius 2 is 2.12 bits per heavy atom. The minimum Gasteiger partial charge on any atom is -0.454 e. The molecule has 1 N–H and O–H groups in total. The van der Waals surface area contributed by atoms with Gasteiger partial charge >= 0.3 is 0 Å². The molecule has 3 aliphatic rings. The topological polar surface area (TPSA) is 84.9 Å². The normalized spacial score (nSPS) is 25.1. The molecule has 2 atom stereocenters. The summed E-state index contributed by atoms with van der Waals surface area (Å²) in [4.78, 5) is 37.9. The summed E-state index contributed by atoms with van der Waals surface area (Å²) in [6, 6.07) is 5.35. The maximum absolute atomic E-state index is 12.5. The number of carbonyl (C=O) groups is 3. The summed E-state index contributed by atoms with van der Waals surface area (Å²) in [6.07, 6.45) is 2.57. The van der Waals surface area contributed by atoms with Gasteiger partial charge in [0.1, 0.15) is 0 Å². The molecule has 2 heterocycles. The highest BCUT2D eigenvalue weighted by atomic mass is 32.2. The molecule has 3 amide bonds. The van der Waals surface area contributed by atoms with Gasteiger partial charge in [0.05, 0.1) is 4.91 Å². The van der Waals surface area contributed by atoms with E-state index in [9.17, 15) is 14.4 Å². The van der Waals surface area contributed by atoms with Crippen LogP contribution in [0.15, 0.2) is 23.1 Å². The predicted molar refractivity (Wildman–Crippen MR) is 95.5 cm³/mol. The fraction of sp³-hybridized carbons (Fsp3) is 0.389. The first-order valence-electron chi connectivity index (χ1n) is 8.45. The fourth-order valence-corrected chi connectivity index (χ4v) is 3.82. The van der Waals surface area contributed by atoms with E-state index in [0.29, 0.717) is 22.3 Å². The van der Waals surface area contributed by atoms with E-state index in [1.54, 1.807) is 24.3 Å². The molecule has 26 heavy (non-hydrogen) atoms. The standard InChI is InChI=1S/C18H18N2O5S/c1-10-6-12(10)16(21)19-4-5-20-17(22)15(26-18(20)23)8-11-2-3-13-14(7-11)25-9-24-13/h2-3,7-8,10,12H,4-6,9H2,1H3,(H,19,21)/b15-8-/t10-,12-/m1/s1. The van der Waals surface area contributed by atoms with E-state index in [2.05, 4.69) is 5.32 Å². The van der Waals surface area contributed by atoms with Crippen LogP contribution in [0.5, 0.6) is 11.5 Å². The zero-order valence-electron chi connectivity index (χ0n) is 14.2. The Morgan fingerprint density at radius 3 is 2.88 bits per heavy atom. The third-order valence-corrected chi connectivity index (χ3v) is 5.56. The number of nitrogens with zero attached hydrogens (tertiary/aromatic N) is 1. The Balaban J connectivity index is 1.38. The van der Waals surface area contributed by atoms with Gasteiger partial charge in [-0.25, -0.2) is 0 Å². The summed E-state index contributed by atoms with van der Waals surface area (Å²) in [7, 11) is 0. The summed E-state index contributed by atoms with van der Waals surface area (Å²) in [6.45, 7) is 2.66. The van der Waals surface area contributed by atoms with Crippen molar-refractivity contribution in [3.05, 3.63) is 28.7 Å². The zero-order valence-corrected chi connectivity index (χ0v) is 15.0. The first-order valence-corrected chi connectivity index (χ1v) is 9.27. The monoisotopic (exact) mass is 374 g/mol. The van der Waals surface area contributed by atoms with Gasteiger partial charge in [-0.1, -0.05) is 13.0 Å². The van der Waals surface area contributed by atoms with Crippen LogP contribution in [0, 0.1) is 11.8 Å². The van der Waals surface area contributed by atoms with Gasteiger partial charge in [-0.15, -0.1) is 0 Å². The number of hydrogen-bond donors (Lipinski definition) is 1. The van der Waals surface area contributed by atoms with Crippen LogP contribution in [0.3, 0.4) is 0 Å². The van der Waals surface area contributed by atoms with E-state index in [4.69, 9.17) is 9.47 Å². The molecule has 0 unspecified atom stereocenters. The number of benzene rings is 1. The Kier molecular flexibility index (Phi) is 4.36. The van der Waals surface area contributed by atoms with E-state index in [0.717, 1.165) is 23.7 Å². The zero-order chi connectivity index (χ0) is 18.3. The quantitative estimate of drug-likeness (QED) is 0.796. The molecule has 0 aromatic heterocycles. The van der Waals surface area contributed by atoms with Crippen LogP contribution in [0.25, 0.3) is 6.08 Å². The average Bonchev–Trinajstić information content (AvgIpc) is 3.07. The maximum atomic E-state index is 12.5. The van der Waals surface area contributed by atoms with Gasteiger partial charge in [-0.3, -0.25) is 19.3 Å². The SMILES string of the molecule is C[C@@H]1C[C@H]1C(=O)NCCN1C(=O)S/C(=C\c2ccc3c(c2)OCO3)C1=O. The van der Waals surface area contributed by atoms with Crippen LogP contribution in [0.4, 0.5) is 4.79 Å². The van der Waals surface area contributed by atoms with Crippen LogP contribution < -0.4 is 14.8 Å². The van der Waals surface area contributed by atoms with Gasteiger partial charge in [0.15, 0.2) is 11.5 Å². The minimum absolute atomic E-state index is 0.000346. The van der Waals surface area contributed by atoms with E-state index < -0.39 is 0 Å². The molecule has 7 nitrogen and oxygen atoms in total. The molecule has 2 fully saturated rings. The molecule has 1 saturated carbocycles. The van der Waals surface area contributed by atoms with Crippen molar-refractivity contribution >= 4 is 34.9 Å². The lowest BCUT2D eigenvalue weighted by Crippen LogP contribution is -2.37. The molecule has 8 heteroatoms. The molecule has 0 radical (unpaired) electrons. The number of imide groups is 1. The van der Waals surface area contributed by atoms with Gasteiger partial charge in [0.25, 0.3) is 11.1 Å². The second-order valence-electron chi connectivity index (χ2n) is 6.56. The molecule has 1 aromatic carbocycles. The molecule has 136 valence electrons. The molecule has 1 aliphatic carbocycles. The maximum Gasteiger partial charge on any atom is 0.293 e. The first kappa shape index (κ1) is 17.0. The Morgan fingerprint density at radius 1 is 1.35 bits per heavy atom. The van der Waals surface area contributed by atoms with Gasteiger partial charge < -0.3 is 14.8 Å². The predicted octanol–water partition coefficient (Wildman–Crippen LogP) is 2.22. The number of thioether (sulfide) groups is 1. The van der Waals surface area contributed by atoms with Crippen molar-refractivity contribution in [1.82, 2.24) is 10.2 Å². The van der Waals surface area contributed by atoms with Crippen molar-refractivity contribution in [1.29, 1.82) is 0 Å². The number of amides is 3. The second-order valence-corrected chi connectivity index (χ2v) is 7.55. The Hall–Kier alpha value is -2.48. The number of ether oxygens (including phenoxy) is 2. The van der Waals surface area contributed by atoms with Crippen molar-refractivity contribution in [2.24, 2.45) is 11.8 Å². The Bertz CT molecular complexity index is 822. The lowest BCUT2D eigenvalue weighted by Gasteiger charge is -2.12. The van der Waals surface area contributed by atoms with E-state index in [1.807, 2.05) is 6.92 Å². The second kappa shape index (κ2) is 6.68. The highest BCUT2D eigenvalue weighted by Gasteiger charge is 2.39. The molecular formula is C18H18N2O5S. The molecule has 2 aliphatic heterocycles. The largest absolute Gasteiger partial charge is 0.454 e. The third kappa shape index (κ3) is 3.29. The number of carbonyl (C=O) groups excluding carboxylic acids is 3. The van der Waals surface area contributed by atoms with Crippen molar-refractivity contribution in [2.75, 3.05) is 19.9 Å². The summed E-state index contributed by atoms with van der Waals surface area (Å²) in [5, 5.41) is 2.47. The lowest BCUT2D eigenvalue weighted by atomic mass is 10.2. The van der Waals surface area contributed by atoms with Crippen LogP contribution >= 0.6 is 11.8 Å². The molecule has 1 aromatic rings. The van der Waals surface area contributed by atoms with Crippen molar-refractivity contribution in [2.45, 2.75) is 13.3 Å². The van der Waals surface area contributed by atoms with Gasteiger partial charge in [0, 0.05) is 19.0 Å². The number of hydrogen-bond acceptors (Lipinski definition) is 6. The number of fused-ring (bicyclic) bond motifs is 1. The number of nitrogens with one attached hydrogen (secondary N) is 1. The van der Waals surface area contributed by atoms with Crippen molar-refractivity contribution < 1.29 is 23.9 Å². The van der Waals surface area contributed by atoms with Gasteiger partial charge in [-0.05, 0) is 47.9 Å². The number of rotatable bonds is 5. The molecule has 0 spiro atoms. The Labute approximate surface area is 154 Å². The van der Waals surface area contributed by atoms with E-state index >= 15 is 0 Å². The summed E-state index contributed by atoms with van der Waals surface area (Å²) in [5.74, 6) is 1.45. The van der Waals surface area contributed by atoms with Gasteiger partial charge in [0.2, 0.25) is 12.7 Å². The van der Waals surface area contributed by atoms with Crippen LogP contribution in [-0.2, 0) is 9.59 Å². The van der Waals surface area contributed by atoms with Crippen LogP contribution in [0.2, 0.25) is 0 Å². The summed E-state index contributed by atoms with van der Waals surface area (Å²) >= 11 is 0.902. The first-order chi connectivity index (χ1) is 12.5. The summed E-state index contributed by atoms with van der Waals surface area (Å²) in [5.41, 5.74) is 0.760. The molecular weight excluding hydrogens is 356 g/mol. The highest BCUT2D eigenvalue weighted by Crippen LogP contribution is 2.38. The molecule has 0 bridgehead atoms. The molecule has 1 saturated heterocycles. The van der Waals surface area contributed by atoms with Crippen LogP contribution in [0.1, 0.15) is 18.9 Å². The van der Waals surface area contributed by atoms with E-state index in [-0.39, 0.29) is 42.9 Å². The van der Waals surface area contributed by atoms with Crippen molar-refractivity contribution in [3.63, 3.8) is 0 Å². The van der Waals surface area contributed by atoms with Gasteiger partial charge in [-0.2, -0.15) is 0 Å². The smallest absolute Gasteiger partial charge is 0.293 e. The highest BCUT2D eigenvalue weighted by molar-refractivity contribution is 8.18. The fourth-order valence-electron chi connectivity index (χ4n) is 2.96. The lowest BCUT2D eigenvalue weighted by molar-refractivity contribution is -0.125. The third-order valence-electron chi connectivity index (χ3n) is 4.65. The average molecular weight is 374 g/mol. The minimum atomic E-state index is -0.341. The van der Waals surface area contributed by atoms with Crippen molar-refractivity contribution in [3.8, 4) is 11.5 Å². The summed E-state index contributed by atoms with van der Waals surface area (Å²) < 4.78 is 10.6. The van der Waals surface area contributed by atoms with Crippen LogP contribution in [-0.4, -0.2) is 41.8 Å².